The molecule has 1 aliphatic heterocycles. The minimum absolute atomic E-state index is 0.169. The summed E-state index contributed by atoms with van der Waals surface area (Å²) < 4.78 is 53.9. The molecule has 1 heterocycles. The van der Waals surface area contributed by atoms with Crippen molar-refractivity contribution in [2.75, 3.05) is 6.61 Å². The van der Waals surface area contributed by atoms with Crippen LogP contribution in [0.4, 0.5) is 13.2 Å². The number of halogens is 3. The number of benzene rings is 2. The summed E-state index contributed by atoms with van der Waals surface area (Å²) in [5, 5.41) is 1.30. The van der Waals surface area contributed by atoms with Crippen LogP contribution in [0.25, 0.3) is 10.8 Å². The first kappa shape index (κ1) is 17.3. The highest BCUT2D eigenvalue weighted by Crippen LogP contribution is 2.52. The van der Waals surface area contributed by atoms with Crippen LogP contribution in [0.15, 0.2) is 24.3 Å². The van der Waals surface area contributed by atoms with Crippen LogP contribution in [0, 0.1) is 13.8 Å². The molecule has 2 nitrogen and oxygen atoms in total. The second-order valence-electron chi connectivity index (χ2n) is 7.39. The van der Waals surface area contributed by atoms with Crippen molar-refractivity contribution >= 4 is 19.1 Å². The van der Waals surface area contributed by atoms with Crippen molar-refractivity contribution in [1.29, 1.82) is 0 Å². The van der Waals surface area contributed by atoms with Gasteiger partial charge in [0.05, 0.1) is 0 Å². The largest absolute Gasteiger partial charge is 0.489 e. The van der Waals surface area contributed by atoms with Crippen LogP contribution in [0.3, 0.4) is 0 Å². The van der Waals surface area contributed by atoms with Crippen LogP contribution in [0.1, 0.15) is 16.7 Å². The maximum Gasteiger partial charge on any atom is 0.424 e. The van der Waals surface area contributed by atoms with Crippen LogP contribution in [0.5, 0.6) is 5.75 Å². The van der Waals surface area contributed by atoms with Crippen molar-refractivity contribution in [3.63, 3.8) is 0 Å². The monoisotopic (exact) mass is 354 g/mol. The predicted octanol–water partition coefficient (Wildman–Crippen LogP) is 5.46. The molecule has 2 aromatic rings. The Morgan fingerprint density at radius 3 is 2.25 bits per heavy atom. The fraction of sp³-hybridized carbons (Fsp3) is 0.444. The smallest absolute Gasteiger partial charge is 0.424 e. The number of rotatable bonds is 2. The van der Waals surface area contributed by atoms with E-state index >= 15 is 0 Å². The van der Waals surface area contributed by atoms with Gasteiger partial charge in [0, 0.05) is 10.9 Å². The molecule has 0 aromatic heterocycles. The second-order valence-corrected chi connectivity index (χ2v) is 11.8. The van der Waals surface area contributed by atoms with E-state index in [1.165, 1.54) is 0 Å². The molecule has 0 radical (unpaired) electrons. The average Bonchev–Trinajstić information content (AvgIpc) is 2.43. The molecule has 1 atom stereocenters. The SMILES string of the molecule is Cc1ccc2c(C)ccc3c2c1OCC3(O[Si](C)(C)C)C(F)(F)F. The lowest BCUT2D eigenvalue weighted by molar-refractivity contribution is -0.267. The van der Waals surface area contributed by atoms with E-state index < -0.39 is 26.7 Å². The number of hydrogen-bond acceptors (Lipinski definition) is 2. The van der Waals surface area contributed by atoms with E-state index in [2.05, 4.69) is 0 Å². The van der Waals surface area contributed by atoms with Crippen LogP contribution < -0.4 is 4.74 Å². The van der Waals surface area contributed by atoms with Gasteiger partial charge in [-0.15, -0.1) is 0 Å². The van der Waals surface area contributed by atoms with Gasteiger partial charge in [-0.1, -0.05) is 24.3 Å². The summed E-state index contributed by atoms with van der Waals surface area (Å²) in [6.07, 6.45) is -4.56. The standard InChI is InChI=1S/C18H21F3O2Si/c1-11-7-9-14-15-13(11)8-6-12(2)16(15)22-10-17(14,18(19,20)21)23-24(3,4)5/h6-9H,10H2,1-5H3. The summed E-state index contributed by atoms with van der Waals surface area (Å²) in [5.41, 5.74) is -0.491. The predicted molar refractivity (Wildman–Crippen MR) is 91.1 cm³/mol. The van der Waals surface area contributed by atoms with Gasteiger partial charge >= 0.3 is 6.18 Å². The summed E-state index contributed by atoms with van der Waals surface area (Å²) in [7, 11) is -2.49. The molecular formula is C18H21F3O2Si. The summed E-state index contributed by atoms with van der Waals surface area (Å²) in [4.78, 5) is 0. The Balaban J connectivity index is 2.40. The molecule has 0 N–H and O–H groups in total. The molecule has 0 aliphatic carbocycles. The molecule has 1 unspecified atom stereocenters. The zero-order chi connectivity index (χ0) is 17.9. The molecule has 24 heavy (non-hydrogen) atoms. The van der Waals surface area contributed by atoms with Gasteiger partial charge in [-0.3, -0.25) is 0 Å². The summed E-state index contributed by atoms with van der Waals surface area (Å²) in [5.74, 6) is 0.533. The highest BCUT2D eigenvalue weighted by atomic mass is 28.4. The Kier molecular flexibility index (Phi) is 3.77. The fourth-order valence-electron chi connectivity index (χ4n) is 3.34. The van der Waals surface area contributed by atoms with E-state index in [-0.39, 0.29) is 5.56 Å². The second kappa shape index (κ2) is 5.23. The highest BCUT2D eigenvalue weighted by Gasteiger charge is 2.61. The van der Waals surface area contributed by atoms with Crippen LogP contribution >= 0.6 is 0 Å². The first-order valence-electron chi connectivity index (χ1n) is 7.89. The molecule has 6 heteroatoms. The van der Waals surface area contributed by atoms with Crippen molar-refractivity contribution in [3.8, 4) is 5.75 Å². The number of alkyl halides is 3. The van der Waals surface area contributed by atoms with Gasteiger partial charge in [0.1, 0.15) is 12.4 Å². The van der Waals surface area contributed by atoms with Gasteiger partial charge in [0.15, 0.2) is 8.32 Å². The maximum atomic E-state index is 14.2. The van der Waals surface area contributed by atoms with E-state index in [0.29, 0.717) is 11.1 Å². The lowest BCUT2D eigenvalue weighted by Gasteiger charge is -2.43. The molecule has 0 spiro atoms. The van der Waals surface area contributed by atoms with E-state index in [1.807, 2.05) is 26.0 Å². The number of hydrogen-bond donors (Lipinski definition) is 0. The summed E-state index contributed by atoms with van der Waals surface area (Å²) in [6, 6.07) is 7.03. The lowest BCUT2D eigenvalue weighted by Crippen LogP contribution is -2.55. The Bertz CT molecular complexity index is 808. The van der Waals surface area contributed by atoms with Crippen LogP contribution in [0.2, 0.25) is 19.6 Å². The van der Waals surface area contributed by atoms with Gasteiger partial charge in [-0.05, 0) is 50.0 Å². The third kappa shape index (κ3) is 2.52. The molecule has 1 aliphatic rings. The van der Waals surface area contributed by atoms with Gasteiger partial charge in [0.25, 0.3) is 0 Å². The quantitative estimate of drug-likeness (QED) is 0.667. The van der Waals surface area contributed by atoms with E-state index in [4.69, 9.17) is 9.16 Å². The normalized spacial score (nSPS) is 21.0. The van der Waals surface area contributed by atoms with Gasteiger partial charge in [-0.2, -0.15) is 13.2 Å². The summed E-state index contributed by atoms with van der Waals surface area (Å²) >= 11 is 0. The third-order valence-corrected chi connectivity index (χ3v) is 5.30. The molecular weight excluding hydrogens is 333 g/mol. The molecule has 130 valence electrons. The Labute approximate surface area is 140 Å². The van der Waals surface area contributed by atoms with E-state index in [0.717, 1.165) is 16.5 Å². The Morgan fingerprint density at radius 2 is 1.67 bits per heavy atom. The first-order chi connectivity index (χ1) is 11.0. The molecule has 2 aromatic carbocycles. The number of ether oxygens (including phenoxy) is 1. The maximum absolute atomic E-state index is 14.2. The van der Waals surface area contributed by atoms with Gasteiger partial charge in [-0.25, -0.2) is 0 Å². The van der Waals surface area contributed by atoms with Gasteiger partial charge < -0.3 is 9.16 Å². The van der Waals surface area contributed by atoms with E-state index in [1.54, 1.807) is 31.8 Å². The first-order valence-corrected chi connectivity index (χ1v) is 11.3. The third-order valence-electron chi connectivity index (χ3n) is 4.34. The Morgan fingerprint density at radius 1 is 1.04 bits per heavy atom. The average molecular weight is 354 g/mol. The van der Waals surface area contributed by atoms with Crippen molar-refractivity contribution in [2.45, 2.75) is 45.3 Å². The zero-order valence-electron chi connectivity index (χ0n) is 14.5. The van der Waals surface area contributed by atoms with Gasteiger partial charge in [0.2, 0.25) is 5.60 Å². The van der Waals surface area contributed by atoms with Crippen LogP contribution in [-0.2, 0) is 10.0 Å². The van der Waals surface area contributed by atoms with E-state index in [9.17, 15) is 13.2 Å². The van der Waals surface area contributed by atoms with Crippen LogP contribution in [-0.4, -0.2) is 21.1 Å². The molecule has 0 bridgehead atoms. The molecule has 0 fully saturated rings. The van der Waals surface area contributed by atoms with Crippen molar-refractivity contribution in [3.05, 3.63) is 41.0 Å². The topological polar surface area (TPSA) is 18.5 Å². The minimum Gasteiger partial charge on any atom is -0.489 e. The highest BCUT2D eigenvalue weighted by molar-refractivity contribution is 6.69. The zero-order valence-corrected chi connectivity index (χ0v) is 15.5. The molecule has 0 amide bonds. The number of aryl methyl sites for hydroxylation is 2. The summed E-state index contributed by atoms with van der Waals surface area (Å²) in [6.45, 7) is 8.48. The minimum atomic E-state index is -4.56. The lowest BCUT2D eigenvalue weighted by atomic mass is 9.85. The van der Waals surface area contributed by atoms with Crippen molar-refractivity contribution in [1.82, 2.24) is 0 Å². The Hall–Kier alpha value is -1.53. The molecule has 0 saturated heterocycles. The van der Waals surface area contributed by atoms with Crippen molar-refractivity contribution < 1.29 is 22.3 Å². The fourth-order valence-corrected chi connectivity index (χ4v) is 4.67. The molecule has 3 rings (SSSR count). The van der Waals surface area contributed by atoms with Crippen molar-refractivity contribution in [2.24, 2.45) is 0 Å². The molecule has 0 saturated carbocycles.